The van der Waals surface area contributed by atoms with Crippen molar-refractivity contribution in [3.63, 3.8) is 0 Å². The molecule has 2 aliphatic rings. The van der Waals surface area contributed by atoms with Crippen LogP contribution in [0.1, 0.15) is 35.9 Å². The van der Waals surface area contributed by atoms with E-state index in [-0.39, 0.29) is 42.8 Å². The minimum atomic E-state index is -0.232. The number of rotatable bonds is 2. The van der Waals surface area contributed by atoms with Crippen LogP contribution in [0.15, 0.2) is 5.38 Å². The first-order chi connectivity index (χ1) is 9.69. The normalized spacial score (nSPS) is 26.9. The highest BCUT2D eigenvalue weighted by Crippen LogP contribution is 2.28. The Morgan fingerprint density at radius 3 is 2.95 bits per heavy atom. The summed E-state index contributed by atoms with van der Waals surface area (Å²) in [5, 5.41) is 15.5. The van der Waals surface area contributed by atoms with E-state index < -0.39 is 0 Å². The molecule has 8 heteroatoms. The maximum Gasteiger partial charge on any atom is 0.240 e. The van der Waals surface area contributed by atoms with Gasteiger partial charge in [-0.25, -0.2) is 4.98 Å². The lowest BCUT2D eigenvalue weighted by atomic mass is 10.0. The van der Waals surface area contributed by atoms with Crippen LogP contribution >= 0.6 is 36.2 Å². The molecule has 2 fully saturated rings. The van der Waals surface area contributed by atoms with E-state index in [0.717, 1.165) is 43.1 Å². The highest BCUT2D eigenvalue weighted by molar-refractivity contribution is 7.09. The standard InChI is InChI=1S/C14H18N4OS.2ClH/c1-9-17-13(8-20-9)10-5-12(16-7-10)14(19)18-4-2-3-11(18)6-15;;/h8,10-12,16H,2-5,7H2,1H3;2*1H/t10?,11-,12?;;/m0../s1. The number of nitrogens with one attached hydrogen (secondary N) is 1. The lowest BCUT2D eigenvalue weighted by molar-refractivity contribution is -0.133. The first-order valence-electron chi connectivity index (χ1n) is 7.04. The summed E-state index contributed by atoms with van der Waals surface area (Å²) >= 11 is 1.65. The number of hydrogen-bond donors (Lipinski definition) is 1. The molecule has 22 heavy (non-hydrogen) atoms. The van der Waals surface area contributed by atoms with Crippen LogP contribution in [-0.4, -0.2) is 41.0 Å². The highest BCUT2D eigenvalue weighted by atomic mass is 35.5. The Kier molecular flexibility index (Phi) is 7.07. The number of thiazole rings is 1. The van der Waals surface area contributed by atoms with Crippen molar-refractivity contribution in [3.8, 4) is 6.07 Å². The fraction of sp³-hybridized carbons (Fsp3) is 0.643. The number of hydrogen-bond acceptors (Lipinski definition) is 5. The van der Waals surface area contributed by atoms with Crippen LogP contribution in [-0.2, 0) is 4.79 Å². The van der Waals surface area contributed by atoms with Crippen molar-refractivity contribution in [2.24, 2.45) is 0 Å². The molecule has 0 spiro atoms. The topological polar surface area (TPSA) is 69.0 Å². The fourth-order valence-corrected chi connectivity index (χ4v) is 3.78. The zero-order valence-electron chi connectivity index (χ0n) is 12.3. The third-order valence-electron chi connectivity index (χ3n) is 4.17. The van der Waals surface area contributed by atoms with Gasteiger partial charge in [-0.2, -0.15) is 5.26 Å². The van der Waals surface area contributed by atoms with Crippen molar-refractivity contribution < 1.29 is 4.79 Å². The van der Waals surface area contributed by atoms with Crippen LogP contribution in [0.2, 0.25) is 0 Å². The van der Waals surface area contributed by atoms with Gasteiger partial charge in [0.25, 0.3) is 0 Å². The van der Waals surface area contributed by atoms with E-state index in [1.807, 2.05) is 6.92 Å². The Hall–Kier alpha value is -0.870. The summed E-state index contributed by atoms with van der Waals surface area (Å²) in [4.78, 5) is 18.8. The van der Waals surface area contributed by atoms with Crippen LogP contribution in [0.5, 0.6) is 0 Å². The first-order valence-corrected chi connectivity index (χ1v) is 7.92. The van der Waals surface area contributed by atoms with E-state index in [1.54, 1.807) is 16.2 Å². The van der Waals surface area contributed by atoms with Crippen molar-refractivity contribution in [2.45, 2.75) is 44.2 Å². The van der Waals surface area contributed by atoms with Gasteiger partial charge in [-0.15, -0.1) is 36.2 Å². The quantitative estimate of drug-likeness (QED) is 0.875. The summed E-state index contributed by atoms with van der Waals surface area (Å²) in [6.07, 6.45) is 2.53. The summed E-state index contributed by atoms with van der Waals surface area (Å²) in [7, 11) is 0. The lowest BCUT2D eigenvalue weighted by Gasteiger charge is -2.23. The van der Waals surface area contributed by atoms with Crippen LogP contribution in [0.3, 0.4) is 0 Å². The van der Waals surface area contributed by atoms with Crippen LogP contribution in [0.4, 0.5) is 0 Å². The summed E-state index contributed by atoms with van der Waals surface area (Å²) in [6.45, 7) is 3.52. The molecule has 2 unspecified atom stereocenters. The van der Waals surface area contributed by atoms with E-state index in [9.17, 15) is 4.79 Å². The van der Waals surface area contributed by atoms with E-state index in [4.69, 9.17) is 5.26 Å². The van der Waals surface area contributed by atoms with Gasteiger partial charge in [-0.05, 0) is 26.2 Å². The zero-order valence-corrected chi connectivity index (χ0v) is 14.8. The Morgan fingerprint density at radius 1 is 1.55 bits per heavy atom. The Bertz CT molecular complexity index is 559. The monoisotopic (exact) mass is 362 g/mol. The van der Waals surface area contributed by atoms with Crippen molar-refractivity contribution in [1.29, 1.82) is 5.26 Å². The predicted molar refractivity (Wildman–Crippen MR) is 90.8 cm³/mol. The summed E-state index contributed by atoms with van der Waals surface area (Å²) in [6, 6.07) is 1.84. The fourth-order valence-electron chi connectivity index (χ4n) is 3.08. The van der Waals surface area contributed by atoms with E-state index in [1.165, 1.54) is 0 Å². The molecule has 0 radical (unpaired) electrons. The number of carbonyl (C=O) groups excluding carboxylic acids is 1. The Labute approximate surface area is 146 Å². The van der Waals surface area contributed by atoms with Gasteiger partial charge in [0.15, 0.2) is 0 Å². The maximum atomic E-state index is 12.5. The average Bonchev–Trinajstić information content (AvgIpc) is 3.17. The molecule has 122 valence electrons. The van der Waals surface area contributed by atoms with Gasteiger partial charge >= 0.3 is 0 Å². The highest BCUT2D eigenvalue weighted by Gasteiger charge is 2.37. The molecule has 0 saturated carbocycles. The van der Waals surface area contributed by atoms with E-state index >= 15 is 0 Å². The van der Waals surface area contributed by atoms with Gasteiger partial charge < -0.3 is 10.2 Å². The molecular formula is C14H20Cl2N4OS. The zero-order chi connectivity index (χ0) is 14.1. The number of carbonyl (C=O) groups is 1. The van der Waals surface area contributed by atoms with Crippen molar-refractivity contribution >= 4 is 42.1 Å². The second-order valence-electron chi connectivity index (χ2n) is 5.50. The molecule has 0 bridgehead atoms. The number of likely N-dealkylation sites (tertiary alicyclic amines) is 1. The number of aryl methyl sites for hydroxylation is 1. The molecule has 0 aliphatic carbocycles. The van der Waals surface area contributed by atoms with Crippen LogP contribution in [0, 0.1) is 18.3 Å². The molecule has 1 amide bonds. The molecule has 3 atom stereocenters. The molecule has 1 aromatic rings. The van der Waals surface area contributed by atoms with Gasteiger partial charge in [0.2, 0.25) is 5.91 Å². The second kappa shape index (κ2) is 8.11. The first kappa shape index (κ1) is 19.2. The van der Waals surface area contributed by atoms with Gasteiger partial charge in [-0.3, -0.25) is 4.79 Å². The Morgan fingerprint density at radius 2 is 2.32 bits per heavy atom. The summed E-state index contributed by atoms with van der Waals surface area (Å²) in [5.74, 6) is 0.403. The van der Waals surface area contributed by atoms with Crippen LogP contribution < -0.4 is 5.32 Å². The van der Waals surface area contributed by atoms with E-state index in [2.05, 4.69) is 21.8 Å². The van der Waals surface area contributed by atoms with Crippen LogP contribution in [0.25, 0.3) is 0 Å². The summed E-state index contributed by atoms with van der Waals surface area (Å²) < 4.78 is 0. The molecule has 0 aromatic carbocycles. The minimum absolute atomic E-state index is 0. The largest absolute Gasteiger partial charge is 0.325 e. The van der Waals surface area contributed by atoms with Gasteiger partial charge in [-0.1, -0.05) is 0 Å². The predicted octanol–water partition coefficient (Wildman–Crippen LogP) is 2.26. The smallest absolute Gasteiger partial charge is 0.240 e. The molecule has 3 rings (SSSR count). The molecular weight excluding hydrogens is 343 g/mol. The summed E-state index contributed by atoms with van der Waals surface area (Å²) in [5.41, 5.74) is 1.09. The lowest BCUT2D eigenvalue weighted by Crippen LogP contribution is -2.45. The molecule has 5 nitrogen and oxygen atoms in total. The van der Waals surface area contributed by atoms with Gasteiger partial charge in [0.05, 0.1) is 22.8 Å². The molecule has 2 saturated heterocycles. The number of halogens is 2. The minimum Gasteiger partial charge on any atom is -0.325 e. The molecule has 1 aromatic heterocycles. The average molecular weight is 363 g/mol. The number of nitrogens with zero attached hydrogens (tertiary/aromatic N) is 3. The van der Waals surface area contributed by atoms with Crippen molar-refractivity contribution in [1.82, 2.24) is 15.2 Å². The maximum absolute atomic E-state index is 12.5. The van der Waals surface area contributed by atoms with Gasteiger partial charge in [0.1, 0.15) is 6.04 Å². The molecule has 1 N–H and O–H groups in total. The third-order valence-corrected chi connectivity index (χ3v) is 4.96. The molecule has 2 aliphatic heterocycles. The number of aromatic nitrogens is 1. The Balaban J connectivity index is 0.00000121. The van der Waals surface area contributed by atoms with Gasteiger partial charge in [0, 0.05) is 24.4 Å². The van der Waals surface area contributed by atoms with Crippen molar-refractivity contribution in [3.05, 3.63) is 16.1 Å². The number of amides is 1. The van der Waals surface area contributed by atoms with E-state index in [0.29, 0.717) is 5.92 Å². The third kappa shape index (κ3) is 3.72. The van der Waals surface area contributed by atoms with Crippen molar-refractivity contribution in [2.75, 3.05) is 13.1 Å². The number of nitriles is 1. The molecule has 3 heterocycles. The second-order valence-corrected chi connectivity index (χ2v) is 6.57. The SMILES string of the molecule is Cc1nc(C2CNC(C(=O)N3CCC[C@H]3C#N)C2)cs1.Cl.Cl.